The highest BCUT2D eigenvalue weighted by Crippen LogP contribution is 2.18. The number of nitrogens with one attached hydrogen (secondary N) is 8. The van der Waals surface area contributed by atoms with Crippen LogP contribution in [0.4, 0.5) is 0 Å². The van der Waals surface area contributed by atoms with Gasteiger partial charge in [-0.3, -0.25) is 52.7 Å². The van der Waals surface area contributed by atoms with Gasteiger partial charge in [0.25, 0.3) is 0 Å². The first-order chi connectivity index (χ1) is 29.9. The molecule has 0 spiro atoms. The maximum absolute atomic E-state index is 13.3. The Hall–Kier alpha value is -6.09. The fraction of sp³-hybridized carbons (Fsp3) is 0.676. The Morgan fingerprint density at radius 3 is 1.81 bits per heavy atom. The van der Waals surface area contributed by atoms with Crippen LogP contribution in [0.25, 0.3) is 0 Å². The fourth-order valence-electron chi connectivity index (χ4n) is 6.01. The minimum Gasteiger partial charge on any atom is -0.481 e. The number of carbonyl (C=O) groups is 12. The lowest BCUT2D eigenvalue weighted by atomic mass is 10.00. The zero-order valence-corrected chi connectivity index (χ0v) is 36.9. The number of carboxylic acid groups (broad SMARTS) is 2. The number of hydrogen-bond acceptors (Lipinski definition) is 15. The van der Waals surface area contributed by atoms with Crippen LogP contribution in [0.1, 0.15) is 66.2 Å². The van der Waals surface area contributed by atoms with Crippen LogP contribution in [-0.2, 0) is 57.5 Å². The largest absolute Gasteiger partial charge is 0.481 e. The van der Waals surface area contributed by atoms with Crippen molar-refractivity contribution in [2.75, 3.05) is 38.5 Å². The molecule has 10 amide bonds. The van der Waals surface area contributed by atoms with Crippen LogP contribution in [0.3, 0.4) is 0 Å². The number of aliphatic hydroxyl groups excluding tert-OH is 1. The third-order valence-electron chi connectivity index (χ3n) is 9.42. The Kier molecular flexibility index (Phi) is 24.3. The quantitative estimate of drug-likeness (QED) is 0.0325. The lowest BCUT2D eigenvalue weighted by molar-refractivity contribution is -0.144. The second kappa shape index (κ2) is 27.9. The molecule has 0 saturated carbocycles. The van der Waals surface area contributed by atoms with E-state index in [0.29, 0.717) is 6.42 Å². The number of rotatable bonds is 28. The molecule has 1 heterocycles. The second-order valence-corrected chi connectivity index (χ2v) is 15.9. The van der Waals surface area contributed by atoms with E-state index in [1.165, 1.54) is 4.90 Å². The van der Waals surface area contributed by atoms with Crippen LogP contribution in [0, 0.1) is 11.8 Å². The van der Waals surface area contributed by atoms with Gasteiger partial charge in [-0.2, -0.15) is 12.6 Å². The Labute approximate surface area is 373 Å². The molecule has 0 aromatic carbocycles. The van der Waals surface area contributed by atoms with Crippen molar-refractivity contribution in [2.24, 2.45) is 23.3 Å². The van der Waals surface area contributed by atoms with Gasteiger partial charge in [-0.25, -0.2) is 4.79 Å². The lowest BCUT2D eigenvalue weighted by Crippen LogP contribution is -2.57. The first kappa shape index (κ1) is 55.9. The molecule has 27 heteroatoms. The number of primary amides is 1. The molecule has 0 aliphatic carbocycles. The van der Waals surface area contributed by atoms with Gasteiger partial charge in [0.15, 0.2) is 0 Å². The third-order valence-corrected chi connectivity index (χ3v) is 9.81. The van der Waals surface area contributed by atoms with Gasteiger partial charge in [0, 0.05) is 18.7 Å². The van der Waals surface area contributed by atoms with E-state index in [0.717, 1.165) is 0 Å². The first-order valence-corrected chi connectivity index (χ1v) is 20.9. The molecule has 1 aliphatic heterocycles. The molecule has 0 aromatic heterocycles. The molecule has 15 N–H and O–H groups in total. The number of carbonyl (C=O) groups excluding carboxylic acids is 10. The highest BCUT2D eigenvalue weighted by molar-refractivity contribution is 7.80. The summed E-state index contributed by atoms with van der Waals surface area (Å²) in [4.78, 5) is 151. The van der Waals surface area contributed by atoms with Crippen LogP contribution >= 0.6 is 12.6 Å². The number of thiol groups is 1. The van der Waals surface area contributed by atoms with Gasteiger partial charge in [0.1, 0.15) is 36.3 Å². The SMILES string of the molecule is CC(C)C[C@H](NC(=O)[C@@H]1CCCN1C(=O)CNC(=O)CNC(=O)[C@H](CO)NC(=O)[C@H](CC(=O)O)NC(=O)CNC(=O)[C@H](CCC(N)=O)NC(=O)[C@@H](N)CS)C(=O)N[C@H](C(=O)O)C(C)C. The van der Waals surface area contributed by atoms with Crippen molar-refractivity contribution in [2.45, 2.75) is 109 Å². The van der Waals surface area contributed by atoms with Gasteiger partial charge in [-0.1, -0.05) is 27.7 Å². The van der Waals surface area contributed by atoms with E-state index in [1.807, 2.05) is 5.32 Å². The summed E-state index contributed by atoms with van der Waals surface area (Å²) >= 11 is 3.89. The van der Waals surface area contributed by atoms with E-state index in [4.69, 9.17) is 11.5 Å². The molecule has 0 radical (unpaired) electrons. The monoisotopic (exact) mass is 931 g/mol. The zero-order valence-electron chi connectivity index (χ0n) is 36.0. The Bertz CT molecular complexity index is 1730. The number of nitrogens with two attached hydrogens (primary N) is 2. The van der Waals surface area contributed by atoms with E-state index in [2.05, 4.69) is 49.8 Å². The maximum atomic E-state index is 13.3. The molecule has 0 unspecified atom stereocenters. The lowest BCUT2D eigenvalue weighted by Gasteiger charge is -2.28. The molecular formula is C37H61N11O15S. The summed E-state index contributed by atoms with van der Waals surface area (Å²) in [6.07, 6.45) is -0.816. The highest BCUT2D eigenvalue weighted by Gasteiger charge is 2.37. The molecule has 0 bridgehead atoms. The smallest absolute Gasteiger partial charge is 0.326 e. The van der Waals surface area contributed by atoms with Gasteiger partial charge < -0.3 is 74.2 Å². The molecule has 0 aromatic rings. The standard InChI is InChI=1S/C37H61N11O15S/c1-17(2)10-21(35(60)47-30(18(3)4)37(62)63)45-36(61)24-6-5-9-48(24)28(53)14-40-26(51)12-41-33(58)23(15-49)46-34(59)22(11-29(54)55)43-27(52)13-42-32(57)20(7-8-25(39)50)44-31(56)19(38)16-64/h17-24,30,49,64H,5-16,38H2,1-4H3,(H2,39,50)(H,40,51)(H,41,58)(H,42,57)(H,43,52)(H,44,56)(H,45,61)(H,46,59)(H,47,60)(H,54,55)(H,62,63)/t19-,20-,21-,22-,23-,24-,30-/m0/s1. The number of aliphatic carboxylic acids is 2. The van der Waals surface area contributed by atoms with Crippen LogP contribution in [-0.4, -0.2) is 172 Å². The van der Waals surface area contributed by atoms with Crippen molar-refractivity contribution in [1.82, 2.24) is 47.4 Å². The molecule has 26 nitrogen and oxygen atoms in total. The van der Waals surface area contributed by atoms with E-state index in [9.17, 15) is 72.9 Å². The third kappa shape index (κ3) is 20.0. The summed E-state index contributed by atoms with van der Waals surface area (Å²) in [5.74, 6) is -12.4. The summed E-state index contributed by atoms with van der Waals surface area (Å²) < 4.78 is 0. The van der Waals surface area contributed by atoms with Crippen molar-refractivity contribution < 1.29 is 72.9 Å². The maximum Gasteiger partial charge on any atom is 0.326 e. The fourth-order valence-corrected chi connectivity index (χ4v) is 6.17. The van der Waals surface area contributed by atoms with Crippen LogP contribution in [0.2, 0.25) is 0 Å². The van der Waals surface area contributed by atoms with Gasteiger partial charge in [-0.05, 0) is 37.5 Å². The Morgan fingerprint density at radius 2 is 1.28 bits per heavy atom. The van der Waals surface area contributed by atoms with Crippen molar-refractivity contribution in [3.8, 4) is 0 Å². The Balaban J connectivity index is 2.81. The number of aliphatic hydroxyl groups is 1. The molecule has 360 valence electrons. The Morgan fingerprint density at radius 1 is 0.703 bits per heavy atom. The van der Waals surface area contributed by atoms with Crippen LogP contribution in [0.15, 0.2) is 0 Å². The highest BCUT2D eigenvalue weighted by atomic mass is 32.1. The number of nitrogens with zero attached hydrogens (tertiary/aromatic N) is 1. The number of carboxylic acids is 2. The molecule has 1 rings (SSSR count). The molecule has 7 atom stereocenters. The van der Waals surface area contributed by atoms with Crippen LogP contribution in [0.5, 0.6) is 0 Å². The summed E-state index contributed by atoms with van der Waals surface area (Å²) in [7, 11) is 0. The van der Waals surface area contributed by atoms with E-state index in [1.54, 1.807) is 27.7 Å². The molecule has 64 heavy (non-hydrogen) atoms. The molecule has 1 aliphatic rings. The summed E-state index contributed by atoms with van der Waals surface area (Å²) in [6, 6.07) is -9.44. The molecule has 1 fully saturated rings. The van der Waals surface area contributed by atoms with Crippen molar-refractivity contribution in [3.63, 3.8) is 0 Å². The average molecular weight is 932 g/mol. The summed E-state index contributed by atoms with van der Waals surface area (Å²) in [5, 5.41) is 46.7. The summed E-state index contributed by atoms with van der Waals surface area (Å²) in [5.41, 5.74) is 10.7. The second-order valence-electron chi connectivity index (χ2n) is 15.5. The average Bonchev–Trinajstić information content (AvgIpc) is 3.72. The van der Waals surface area contributed by atoms with Crippen molar-refractivity contribution >= 4 is 83.6 Å². The van der Waals surface area contributed by atoms with Crippen molar-refractivity contribution in [1.29, 1.82) is 0 Å². The number of hydrogen-bond donors (Lipinski definition) is 14. The minimum absolute atomic E-state index is 0.0792. The van der Waals surface area contributed by atoms with E-state index in [-0.39, 0.29) is 43.9 Å². The zero-order chi connectivity index (χ0) is 48.8. The molecular weight excluding hydrogens is 871 g/mol. The normalized spacial score (nSPS) is 16.1. The van der Waals surface area contributed by atoms with Crippen molar-refractivity contribution in [3.05, 3.63) is 0 Å². The van der Waals surface area contributed by atoms with E-state index < -0.39 is 152 Å². The van der Waals surface area contributed by atoms with Gasteiger partial charge in [0.2, 0.25) is 59.1 Å². The van der Waals surface area contributed by atoms with E-state index >= 15 is 0 Å². The van der Waals surface area contributed by atoms with Gasteiger partial charge in [0.05, 0.1) is 38.7 Å². The number of amides is 10. The minimum atomic E-state index is -1.86. The molecule has 1 saturated heterocycles. The topological polar surface area (TPSA) is 417 Å². The first-order valence-electron chi connectivity index (χ1n) is 20.2. The van der Waals surface area contributed by atoms with Crippen LogP contribution < -0.4 is 54.0 Å². The number of likely N-dealkylation sites (tertiary alicyclic amines) is 1. The summed E-state index contributed by atoms with van der Waals surface area (Å²) in [6.45, 7) is 3.66. The van der Waals surface area contributed by atoms with Gasteiger partial charge >= 0.3 is 11.9 Å². The van der Waals surface area contributed by atoms with Gasteiger partial charge in [-0.15, -0.1) is 0 Å². The predicted molar refractivity (Wildman–Crippen MR) is 225 cm³/mol. The predicted octanol–water partition coefficient (Wildman–Crippen LogP) is -6.47.